The molecule has 21 heavy (non-hydrogen) atoms. The van der Waals surface area contributed by atoms with Crippen LogP contribution in [0.3, 0.4) is 0 Å². The molecule has 7 nitrogen and oxygen atoms in total. The number of rotatable bonds is 4. The second-order valence-corrected chi connectivity index (χ2v) is 4.74. The SMILES string of the molecule is N[C@@H](Cc1ccc(O)c(O)c1)C(=O)Nc1cc(Cl)ncn1. The first kappa shape index (κ1) is 15.0. The summed E-state index contributed by atoms with van der Waals surface area (Å²) in [5.74, 6) is -0.684. The molecule has 110 valence electrons. The molecule has 0 aliphatic carbocycles. The van der Waals surface area contributed by atoms with Gasteiger partial charge in [0.1, 0.15) is 17.3 Å². The summed E-state index contributed by atoms with van der Waals surface area (Å²) in [4.78, 5) is 19.5. The molecule has 0 spiro atoms. The van der Waals surface area contributed by atoms with E-state index in [2.05, 4.69) is 15.3 Å². The van der Waals surface area contributed by atoms with Gasteiger partial charge >= 0.3 is 0 Å². The maximum absolute atomic E-state index is 11.9. The Hall–Kier alpha value is -2.38. The van der Waals surface area contributed by atoms with E-state index < -0.39 is 11.9 Å². The summed E-state index contributed by atoms with van der Waals surface area (Å²) < 4.78 is 0. The zero-order chi connectivity index (χ0) is 15.4. The molecule has 1 atom stereocenters. The molecule has 2 aromatic rings. The van der Waals surface area contributed by atoms with Crippen LogP contribution in [-0.4, -0.2) is 32.1 Å². The van der Waals surface area contributed by atoms with Crippen molar-refractivity contribution < 1.29 is 15.0 Å². The molecule has 0 aliphatic rings. The van der Waals surface area contributed by atoms with Crippen molar-refractivity contribution >= 4 is 23.3 Å². The number of nitrogens with zero attached hydrogens (tertiary/aromatic N) is 2. The number of halogens is 1. The minimum absolute atomic E-state index is 0.193. The summed E-state index contributed by atoms with van der Waals surface area (Å²) in [6.45, 7) is 0. The van der Waals surface area contributed by atoms with E-state index in [1.54, 1.807) is 6.07 Å². The van der Waals surface area contributed by atoms with E-state index in [0.717, 1.165) is 0 Å². The van der Waals surface area contributed by atoms with E-state index in [-0.39, 0.29) is 28.9 Å². The predicted octanol–water partition coefficient (Wildman–Crippen LogP) is 1.05. The summed E-state index contributed by atoms with van der Waals surface area (Å²) in [5.41, 5.74) is 6.41. The van der Waals surface area contributed by atoms with Crippen LogP contribution in [0.4, 0.5) is 5.82 Å². The lowest BCUT2D eigenvalue weighted by Crippen LogP contribution is -2.37. The zero-order valence-electron chi connectivity index (χ0n) is 10.8. The maximum Gasteiger partial charge on any atom is 0.242 e. The normalized spacial score (nSPS) is 11.9. The number of carbonyl (C=O) groups is 1. The summed E-state index contributed by atoms with van der Waals surface area (Å²) in [6, 6.07) is 4.81. The molecule has 5 N–H and O–H groups in total. The number of amides is 1. The van der Waals surface area contributed by atoms with Gasteiger partial charge in [-0.25, -0.2) is 9.97 Å². The first-order valence-corrected chi connectivity index (χ1v) is 6.38. The van der Waals surface area contributed by atoms with Crippen molar-refractivity contribution in [2.75, 3.05) is 5.32 Å². The molecule has 0 saturated heterocycles. The van der Waals surface area contributed by atoms with Gasteiger partial charge in [0, 0.05) is 6.07 Å². The second kappa shape index (κ2) is 6.38. The molecule has 1 heterocycles. The second-order valence-electron chi connectivity index (χ2n) is 4.35. The molecular formula is C13H13ClN4O3. The summed E-state index contributed by atoms with van der Waals surface area (Å²) in [5, 5.41) is 21.3. The molecule has 0 saturated carbocycles. The molecule has 2 rings (SSSR count). The molecule has 1 amide bonds. The largest absolute Gasteiger partial charge is 0.504 e. The molecule has 1 aromatic heterocycles. The van der Waals surface area contributed by atoms with E-state index in [1.165, 1.54) is 24.5 Å². The van der Waals surface area contributed by atoms with Gasteiger partial charge in [0.15, 0.2) is 11.5 Å². The molecule has 0 unspecified atom stereocenters. The molecule has 0 fully saturated rings. The number of carbonyl (C=O) groups excluding carboxylic acids is 1. The van der Waals surface area contributed by atoms with Gasteiger partial charge in [-0.15, -0.1) is 0 Å². The Morgan fingerprint density at radius 2 is 2.05 bits per heavy atom. The summed E-state index contributed by atoms with van der Waals surface area (Å²) in [6.07, 6.45) is 1.42. The monoisotopic (exact) mass is 308 g/mol. The summed E-state index contributed by atoms with van der Waals surface area (Å²) in [7, 11) is 0. The van der Waals surface area contributed by atoms with Crippen LogP contribution >= 0.6 is 11.6 Å². The zero-order valence-corrected chi connectivity index (χ0v) is 11.6. The number of anilines is 1. The number of aromatic hydroxyl groups is 2. The Balaban J connectivity index is 2.00. The highest BCUT2D eigenvalue weighted by atomic mass is 35.5. The number of hydrogen-bond donors (Lipinski definition) is 4. The van der Waals surface area contributed by atoms with Gasteiger partial charge in [-0.05, 0) is 24.1 Å². The predicted molar refractivity (Wildman–Crippen MR) is 77.1 cm³/mol. The first-order valence-electron chi connectivity index (χ1n) is 6.00. The number of hydrogen-bond acceptors (Lipinski definition) is 6. The van der Waals surface area contributed by atoms with Gasteiger partial charge in [0.25, 0.3) is 0 Å². The first-order chi connectivity index (χ1) is 9.95. The smallest absolute Gasteiger partial charge is 0.242 e. The minimum atomic E-state index is -0.845. The third kappa shape index (κ3) is 4.04. The third-order valence-electron chi connectivity index (χ3n) is 2.72. The van der Waals surface area contributed by atoms with Crippen LogP contribution < -0.4 is 11.1 Å². The Bertz CT molecular complexity index is 666. The van der Waals surface area contributed by atoms with Crippen molar-refractivity contribution in [2.45, 2.75) is 12.5 Å². The molecule has 0 radical (unpaired) electrons. The average Bonchev–Trinajstić information content (AvgIpc) is 2.43. The van der Waals surface area contributed by atoms with Crippen LogP contribution in [0.25, 0.3) is 0 Å². The van der Waals surface area contributed by atoms with Gasteiger partial charge in [0.05, 0.1) is 6.04 Å². The summed E-state index contributed by atoms with van der Waals surface area (Å²) >= 11 is 5.68. The fourth-order valence-corrected chi connectivity index (χ4v) is 1.81. The van der Waals surface area contributed by atoms with Crippen molar-refractivity contribution in [3.63, 3.8) is 0 Å². The maximum atomic E-state index is 11.9. The quantitative estimate of drug-likeness (QED) is 0.495. The number of phenolic OH excluding ortho intramolecular Hbond substituents is 2. The van der Waals surface area contributed by atoms with E-state index in [0.29, 0.717) is 5.56 Å². The van der Waals surface area contributed by atoms with Crippen LogP contribution in [0, 0.1) is 0 Å². The van der Waals surface area contributed by atoms with Crippen LogP contribution in [0.1, 0.15) is 5.56 Å². The van der Waals surface area contributed by atoms with Gasteiger partial charge in [-0.2, -0.15) is 0 Å². The van der Waals surface area contributed by atoms with Gasteiger partial charge in [-0.3, -0.25) is 4.79 Å². The van der Waals surface area contributed by atoms with E-state index in [1.807, 2.05) is 0 Å². The number of nitrogens with two attached hydrogens (primary N) is 1. The van der Waals surface area contributed by atoms with E-state index in [9.17, 15) is 15.0 Å². The molecule has 0 aliphatic heterocycles. The van der Waals surface area contributed by atoms with E-state index >= 15 is 0 Å². The van der Waals surface area contributed by atoms with Crippen LogP contribution in [0.15, 0.2) is 30.6 Å². The van der Waals surface area contributed by atoms with Gasteiger partial charge in [0.2, 0.25) is 5.91 Å². The van der Waals surface area contributed by atoms with Crippen molar-refractivity contribution in [3.05, 3.63) is 41.3 Å². The lowest BCUT2D eigenvalue weighted by Gasteiger charge is -2.12. The molecular weight excluding hydrogens is 296 g/mol. The minimum Gasteiger partial charge on any atom is -0.504 e. The van der Waals surface area contributed by atoms with Crippen molar-refractivity contribution in [1.29, 1.82) is 0 Å². The number of benzene rings is 1. The van der Waals surface area contributed by atoms with Crippen LogP contribution in [0.5, 0.6) is 11.5 Å². The van der Waals surface area contributed by atoms with Crippen molar-refractivity contribution in [2.24, 2.45) is 5.73 Å². The highest BCUT2D eigenvalue weighted by Gasteiger charge is 2.15. The fraction of sp³-hybridized carbons (Fsp3) is 0.154. The molecule has 0 bridgehead atoms. The third-order valence-corrected chi connectivity index (χ3v) is 2.92. The Morgan fingerprint density at radius 1 is 1.29 bits per heavy atom. The Kier molecular flexibility index (Phi) is 4.56. The number of phenols is 2. The van der Waals surface area contributed by atoms with Crippen LogP contribution in [0.2, 0.25) is 5.15 Å². The van der Waals surface area contributed by atoms with E-state index in [4.69, 9.17) is 17.3 Å². The lowest BCUT2D eigenvalue weighted by atomic mass is 10.1. The number of aromatic nitrogens is 2. The lowest BCUT2D eigenvalue weighted by molar-refractivity contribution is -0.117. The van der Waals surface area contributed by atoms with Crippen molar-refractivity contribution in [1.82, 2.24) is 9.97 Å². The highest BCUT2D eigenvalue weighted by molar-refractivity contribution is 6.29. The van der Waals surface area contributed by atoms with Gasteiger partial charge < -0.3 is 21.3 Å². The number of nitrogens with one attached hydrogen (secondary N) is 1. The molecule has 8 heteroatoms. The average molecular weight is 309 g/mol. The Labute approximate surface area is 125 Å². The Morgan fingerprint density at radius 3 is 2.71 bits per heavy atom. The molecule has 1 aromatic carbocycles. The fourth-order valence-electron chi connectivity index (χ4n) is 1.66. The van der Waals surface area contributed by atoms with Crippen LogP contribution in [-0.2, 0) is 11.2 Å². The topological polar surface area (TPSA) is 121 Å². The standard InChI is InChI=1S/C13H13ClN4O3/c14-11-5-12(17-6-16-11)18-13(21)8(15)3-7-1-2-9(19)10(20)4-7/h1-2,4-6,8,19-20H,3,15H2,(H,16,17,18,21)/t8-/m0/s1. The van der Waals surface area contributed by atoms with Crippen molar-refractivity contribution in [3.8, 4) is 11.5 Å². The van der Waals surface area contributed by atoms with Gasteiger partial charge in [-0.1, -0.05) is 17.7 Å². The highest BCUT2D eigenvalue weighted by Crippen LogP contribution is 2.25.